The standard InChI is InChI=1S/C37H43ClF2N4O2/c1-22(2)30(41)13-10-9-11-23(3)31(42)20-33(45)27-16-15-24(19-29(27)38)44-32-14-8-6-5-7-12-26-28(21-43-37(26)32)25-17-18-34(46-4)36(40)35(25)39/h5-6,14-19,21-23,26,41-42,44H,7-13,20H2,1-4H3/b6-5-,32-14-,41-30?,42-31?/t23-,26?/m1/s1. The summed E-state index contributed by atoms with van der Waals surface area (Å²) in [5, 5.41) is 20.2. The second-order valence-corrected chi connectivity index (χ2v) is 12.7. The Bertz CT molecular complexity index is 1610. The molecule has 2 aromatic carbocycles. The fourth-order valence-corrected chi connectivity index (χ4v) is 6.00. The Morgan fingerprint density at radius 3 is 2.59 bits per heavy atom. The first-order valence-corrected chi connectivity index (χ1v) is 16.3. The number of rotatable bonds is 14. The van der Waals surface area contributed by atoms with Crippen LogP contribution < -0.4 is 10.1 Å². The van der Waals surface area contributed by atoms with Crippen molar-refractivity contribution in [3.8, 4) is 5.75 Å². The molecule has 0 radical (unpaired) electrons. The van der Waals surface area contributed by atoms with Gasteiger partial charge in [0, 0.05) is 46.8 Å². The highest BCUT2D eigenvalue weighted by Gasteiger charge is 2.31. The highest BCUT2D eigenvalue weighted by atomic mass is 35.5. The monoisotopic (exact) mass is 648 g/mol. The van der Waals surface area contributed by atoms with Crippen molar-refractivity contribution in [3.63, 3.8) is 0 Å². The quantitative estimate of drug-likeness (QED) is 0.0822. The van der Waals surface area contributed by atoms with Gasteiger partial charge in [0.05, 0.1) is 23.5 Å². The number of hydrogen-bond acceptors (Lipinski definition) is 6. The lowest BCUT2D eigenvalue weighted by Gasteiger charge is -2.21. The fraction of sp³-hybridized carbons (Fsp3) is 0.405. The van der Waals surface area contributed by atoms with E-state index in [1.165, 1.54) is 19.2 Å². The van der Waals surface area contributed by atoms with Gasteiger partial charge in [0.1, 0.15) is 0 Å². The summed E-state index contributed by atoms with van der Waals surface area (Å²) in [7, 11) is 1.30. The lowest BCUT2D eigenvalue weighted by molar-refractivity contribution is 0.0999. The molecular formula is C37H43ClF2N4O2. The molecule has 0 bridgehead atoms. The zero-order valence-corrected chi connectivity index (χ0v) is 27.7. The number of Topliss-reactive ketones (excluding diaryl/α,β-unsaturated/α-hetero) is 1. The number of carbonyl (C=O) groups excluding carboxylic acids is 1. The topological polar surface area (TPSA) is 98.4 Å². The number of fused-ring (bicyclic) bond motifs is 1. The zero-order valence-electron chi connectivity index (χ0n) is 27.0. The number of anilines is 1. The zero-order chi connectivity index (χ0) is 33.4. The van der Waals surface area contributed by atoms with E-state index in [1.807, 2.05) is 26.8 Å². The van der Waals surface area contributed by atoms with E-state index in [1.54, 1.807) is 24.4 Å². The molecule has 2 aliphatic rings. The maximum absolute atomic E-state index is 15.1. The number of nitrogens with zero attached hydrogens (tertiary/aromatic N) is 1. The molecule has 0 amide bonds. The molecule has 3 N–H and O–H groups in total. The number of methoxy groups -OCH3 is 1. The summed E-state index contributed by atoms with van der Waals surface area (Å²) in [6.45, 7) is 6.02. The number of benzene rings is 2. The summed E-state index contributed by atoms with van der Waals surface area (Å²) in [4.78, 5) is 17.8. The van der Waals surface area contributed by atoms with Crippen molar-refractivity contribution in [3.05, 3.63) is 88.2 Å². The molecule has 6 nitrogen and oxygen atoms in total. The van der Waals surface area contributed by atoms with Crippen LogP contribution in [-0.4, -0.2) is 30.0 Å². The summed E-state index contributed by atoms with van der Waals surface area (Å²) < 4.78 is 34.6. The van der Waals surface area contributed by atoms with Crippen LogP contribution in [0.2, 0.25) is 5.02 Å². The number of aliphatic imine (C=N–C) groups is 1. The van der Waals surface area contributed by atoms with E-state index in [9.17, 15) is 9.18 Å². The van der Waals surface area contributed by atoms with Gasteiger partial charge >= 0.3 is 0 Å². The van der Waals surface area contributed by atoms with Crippen LogP contribution in [0.1, 0.15) is 88.1 Å². The van der Waals surface area contributed by atoms with E-state index in [-0.39, 0.29) is 46.3 Å². The normalized spacial score (nSPS) is 18.6. The van der Waals surface area contributed by atoms with Crippen molar-refractivity contribution in [2.24, 2.45) is 22.7 Å². The van der Waals surface area contributed by atoms with Crippen LogP contribution in [0.4, 0.5) is 14.5 Å². The van der Waals surface area contributed by atoms with Gasteiger partial charge in [-0.05, 0) is 86.3 Å². The van der Waals surface area contributed by atoms with Gasteiger partial charge in [-0.15, -0.1) is 0 Å². The van der Waals surface area contributed by atoms with Crippen molar-refractivity contribution in [1.82, 2.24) is 0 Å². The molecule has 1 heterocycles. The van der Waals surface area contributed by atoms with Gasteiger partial charge in [0.15, 0.2) is 17.3 Å². The van der Waals surface area contributed by atoms with Gasteiger partial charge in [0.25, 0.3) is 0 Å². The maximum atomic E-state index is 15.1. The average molecular weight is 649 g/mol. The molecule has 0 saturated heterocycles. The highest BCUT2D eigenvalue weighted by molar-refractivity contribution is 6.34. The molecule has 2 aromatic rings. The molecule has 1 unspecified atom stereocenters. The number of carbonyl (C=O) groups is 1. The number of nitrogens with one attached hydrogen (secondary N) is 3. The Morgan fingerprint density at radius 2 is 1.87 bits per heavy atom. The van der Waals surface area contributed by atoms with Gasteiger partial charge < -0.3 is 20.9 Å². The fourth-order valence-electron chi connectivity index (χ4n) is 5.71. The summed E-state index contributed by atoms with van der Waals surface area (Å²) in [6.07, 6.45) is 13.2. The van der Waals surface area contributed by atoms with Gasteiger partial charge in [-0.3, -0.25) is 9.79 Å². The predicted molar refractivity (Wildman–Crippen MR) is 185 cm³/mol. The van der Waals surface area contributed by atoms with Crippen LogP contribution in [0, 0.1) is 40.2 Å². The maximum Gasteiger partial charge on any atom is 0.201 e. The molecule has 0 fully saturated rings. The van der Waals surface area contributed by atoms with Gasteiger partial charge in [0.2, 0.25) is 5.82 Å². The summed E-state index contributed by atoms with van der Waals surface area (Å²) in [6, 6.07) is 8.08. The number of ketones is 1. The Balaban J connectivity index is 1.42. The van der Waals surface area contributed by atoms with Crippen LogP contribution in [0.5, 0.6) is 5.75 Å². The number of halogens is 3. The molecule has 9 heteroatoms. The van der Waals surface area contributed by atoms with Gasteiger partial charge in [-0.1, -0.05) is 57.0 Å². The van der Waals surface area contributed by atoms with E-state index in [0.717, 1.165) is 43.5 Å². The minimum Gasteiger partial charge on any atom is -0.494 e. The number of ether oxygens (including phenoxy) is 1. The van der Waals surface area contributed by atoms with Crippen LogP contribution in [0.15, 0.2) is 65.4 Å². The van der Waals surface area contributed by atoms with E-state index >= 15 is 4.39 Å². The number of allylic oxidation sites excluding steroid dienone is 5. The second-order valence-electron chi connectivity index (χ2n) is 12.3. The number of unbranched alkanes of at least 4 members (excludes halogenated alkanes) is 1. The third kappa shape index (κ3) is 8.46. The Labute approximate surface area is 275 Å². The number of hydrogen-bond donors (Lipinski definition) is 3. The molecule has 2 atom stereocenters. The van der Waals surface area contributed by atoms with E-state index in [4.69, 9.17) is 27.2 Å². The molecular weight excluding hydrogens is 606 g/mol. The third-order valence-corrected chi connectivity index (χ3v) is 8.99. The molecule has 1 aliphatic heterocycles. The molecule has 0 aromatic heterocycles. The van der Waals surface area contributed by atoms with E-state index in [2.05, 4.69) is 22.5 Å². The molecule has 4 rings (SSSR count). The average Bonchev–Trinajstić information content (AvgIpc) is 3.47. The van der Waals surface area contributed by atoms with Gasteiger partial charge in [-0.25, -0.2) is 4.39 Å². The van der Waals surface area contributed by atoms with Crippen molar-refractivity contribution in [2.45, 2.75) is 72.1 Å². The Morgan fingerprint density at radius 1 is 1.09 bits per heavy atom. The molecule has 244 valence electrons. The predicted octanol–water partition coefficient (Wildman–Crippen LogP) is 10.2. The van der Waals surface area contributed by atoms with Gasteiger partial charge in [-0.2, -0.15) is 4.39 Å². The highest BCUT2D eigenvalue weighted by Crippen LogP contribution is 2.39. The molecule has 46 heavy (non-hydrogen) atoms. The smallest absolute Gasteiger partial charge is 0.201 e. The van der Waals surface area contributed by atoms with Crippen LogP contribution in [0.25, 0.3) is 5.57 Å². The first-order valence-electron chi connectivity index (χ1n) is 15.9. The van der Waals surface area contributed by atoms with Crippen molar-refractivity contribution in [2.75, 3.05) is 12.4 Å². The Kier molecular flexibility index (Phi) is 12.2. The first-order chi connectivity index (χ1) is 22.0. The molecule has 0 saturated carbocycles. The minimum absolute atomic E-state index is 0.00239. The van der Waals surface area contributed by atoms with E-state index in [0.29, 0.717) is 41.1 Å². The largest absolute Gasteiger partial charge is 0.494 e. The van der Waals surface area contributed by atoms with Crippen molar-refractivity contribution >= 4 is 45.8 Å². The first kappa shape index (κ1) is 35.0. The van der Waals surface area contributed by atoms with Crippen LogP contribution >= 0.6 is 11.6 Å². The molecule has 0 spiro atoms. The third-order valence-electron chi connectivity index (χ3n) is 8.67. The minimum atomic E-state index is -1.03. The van der Waals surface area contributed by atoms with Crippen molar-refractivity contribution < 1.29 is 18.3 Å². The van der Waals surface area contributed by atoms with Crippen molar-refractivity contribution in [1.29, 1.82) is 10.8 Å². The summed E-state index contributed by atoms with van der Waals surface area (Å²) in [5.74, 6) is -2.38. The summed E-state index contributed by atoms with van der Waals surface area (Å²) in [5.41, 5.74) is 4.35. The SMILES string of the molecule is COc1ccc(C2=CN=C3/C(Nc4ccc(C(=O)CC(=N)[C@H](C)CCCCC(=N)C(C)C)c(Cl)c4)=C/C/C=C\CCC23)c(F)c1F. The van der Waals surface area contributed by atoms with Crippen LogP contribution in [-0.2, 0) is 0 Å². The lowest BCUT2D eigenvalue weighted by Crippen LogP contribution is -2.20. The summed E-state index contributed by atoms with van der Waals surface area (Å²) >= 11 is 6.61. The van der Waals surface area contributed by atoms with E-state index < -0.39 is 11.6 Å². The molecule has 1 aliphatic carbocycles. The van der Waals surface area contributed by atoms with Crippen LogP contribution in [0.3, 0.4) is 0 Å². The lowest BCUT2D eigenvalue weighted by atomic mass is 9.86. The Hall–Kier alpha value is -3.91. The second kappa shape index (κ2) is 16.1.